The van der Waals surface area contributed by atoms with Crippen LogP contribution in [0.1, 0.15) is 25.3 Å². The summed E-state index contributed by atoms with van der Waals surface area (Å²) in [5.41, 5.74) is 2.52. The smallest absolute Gasteiger partial charge is 0.242 e. The van der Waals surface area contributed by atoms with E-state index in [9.17, 15) is 14.0 Å². The predicted molar refractivity (Wildman–Crippen MR) is 140 cm³/mol. The second-order valence-corrected chi connectivity index (χ2v) is 8.96. The molecule has 0 unspecified atom stereocenters. The molecular formula is C28H32FN5O3. The number of carbonyl (C=O) groups excluding carboxylic acids is 2. The first kappa shape index (κ1) is 26.1. The van der Waals surface area contributed by atoms with Crippen LogP contribution in [-0.2, 0) is 16.1 Å². The van der Waals surface area contributed by atoms with Gasteiger partial charge in [-0.05, 0) is 60.5 Å². The van der Waals surface area contributed by atoms with Crippen LogP contribution in [0.3, 0.4) is 0 Å². The van der Waals surface area contributed by atoms with Crippen LogP contribution in [0, 0.1) is 5.82 Å². The molecule has 0 aliphatic carbocycles. The second-order valence-electron chi connectivity index (χ2n) is 8.96. The normalized spacial score (nSPS) is 13.7. The SMILES string of the molecule is CCC(=O)N(CC(=O)N1CCCN(c2ccc(-c3ccc(OC)cc3)nn2)CC1)Cc1ccc(F)cc1. The van der Waals surface area contributed by atoms with Gasteiger partial charge < -0.3 is 19.4 Å². The lowest BCUT2D eigenvalue weighted by Crippen LogP contribution is -2.43. The van der Waals surface area contributed by atoms with E-state index in [-0.39, 0.29) is 30.7 Å². The first-order chi connectivity index (χ1) is 18.0. The summed E-state index contributed by atoms with van der Waals surface area (Å²) in [6.45, 7) is 4.57. The monoisotopic (exact) mass is 505 g/mol. The van der Waals surface area contributed by atoms with Gasteiger partial charge in [0, 0.05) is 44.7 Å². The molecule has 1 aliphatic heterocycles. The Labute approximate surface area is 216 Å². The fourth-order valence-corrected chi connectivity index (χ4v) is 4.33. The topological polar surface area (TPSA) is 78.9 Å². The van der Waals surface area contributed by atoms with E-state index in [0.29, 0.717) is 26.1 Å². The summed E-state index contributed by atoms with van der Waals surface area (Å²) in [7, 11) is 1.63. The van der Waals surface area contributed by atoms with E-state index >= 15 is 0 Å². The van der Waals surface area contributed by atoms with Gasteiger partial charge in [-0.25, -0.2) is 4.39 Å². The highest BCUT2D eigenvalue weighted by molar-refractivity contribution is 5.84. The molecule has 1 aliphatic rings. The summed E-state index contributed by atoms with van der Waals surface area (Å²) in [5, 5.41) is 8.83. The van der Waals surface area contributed by atoms with Gasteiger partial charge in [0.1, 0.15) is 18.1 Å². The molecule has 37 heavy (non-hydrogen) atoms. The molecule has 1 aromatic heterocycles. The number of anilines is 1. The van der Waals surface area contributed by atoms with Gasteiger partial charge in [-0.15, -0.1) is 10.2 Å². The minimum absolute atomic E-state index is 0.000410. The second kappa shape index (κ2) is 12.3. The van der Waals surface area contributed by atoms with Crippen LogP contribution in [0.15, 0.2) is 60.7 Å². The Morgan fingerprint density at radius 2 is 1.70 bits per heavy atom. The van der Waals surface area contributed by atoms with Crippen molar-refractivity contribution in [3.63, 3.8) is 0 Å². The maximum atomic E-state index is 13.3. The molecule has 2 heterocycles. The van der Waals surface area contributed by atoms with Gasteiger partial charge in [-0.1, -0.05) is 19.1 Å². The zero-order valence-corrected chi connectivity index (χ0v) is 21.3. The highest BCUT2D eigenvalue weighted by Crippen LogP contribution is 2.22. The van der Waals surface area contributed by atoms with Crippen LogP contribution in [0.4, 0.5) is 10.2 Å². The number of carbonyl (C=O) groups is 2. The molecule has 194 valence electrons. The largest absolute Gasteiger partial charge is 0.497 e. The molecule has 0 saturated carbocycles. The number of aromatic nitrogens is 2. The minimum atomic E-state index is -0.331. The van der Waals surface area contributed by atoms with Crippen molar-refractivity contribution < 1.29 is 18.7 Å². The molecule has 0 radical (unpaired) electrons. The van der Waals surface area contributed by atoms with Gasteiger partial charge in [-0.2, -0.15) is 0 Å². The lowest BCUT2D eigenvalue weighted by Gasteiger charge is -2.27. The third-order valence-corrected chi connectivity index (χ3v) is 6.48. The van der Waals surface area contributed by atoms with Crippen LogP contribution < -0.4 is 9.64 Å². The Kier molecular flexibility index (Phi) is 8.66. The number of methoxy groups -OCH3 is 1. The molecule has 8 nitrogen and oxygen atoms in total. The Morgan fingerprint density at radius 1 is 0.946 bits per heavy atom. The van der Waals surface area contributed by atoms with Crippen LogP contribution in [-0.4, -0.2) is 71.6 Å². The van der Waals surface area contributed by atoms with Crippen LogP contribution >= 0.6 is 0 Å². The van der Waals surface area contributed by atoms with E-state index in [4.69, 9.17) is 4.74 Å². The molecule has 0 atom stereocenters. The first-order valence-corrected chi connectivity index (χ1v) is 12.5. The molecule has 1 fully saturated rings. The Bertz CT molecular complexity index is 1190. The minimum Gasteiger partial charge on any atom is -0.497 e. The molecule has 0 spiro atoms. The molecule has 1 saturated heterocycles. The van der Waals surface area contributed by atoms with Crippen molar-refractivity contribution >= 4 is 17.6 Å². The number of amides is 2. The Hall–Kier alpha value is -4.01. The zero-order chi connectivity index (χ0) is 26.2. The van der Waals surface area contributed by atoms with Gasteiger partial charge in [0.25, 0.3) is 0 Å². The lowest BCUT2D eigenvalue weighted by atomic mass is 10.1. The maximum absolute atomic E-state index is 13.3. The Balaban J connectivity index is 1.36. The molecule has 0 bridgehead atoms. The first-order valence-electron chi connectivity index (χ1n) is 12.5. The van der Waals surface area contributed by atoms with Gasteiger partial charge in [0.2, 0.25) is 11.8 Å². The average Bonchev–Trinajstić information content (AvgIpc) is 3.20. The highest BCUT2D eigenvalue weighted by atomic mass is 19.1. The fraction of sp³-hybridized carbons (Fsp3) is 0.357. The molecule has 2 aromatic carbocycles. The summed E-state index contributed by atoms with van der Waals surface area (Å²) < 4.78 is 18.5. The highest BCUT2D eigenvalue weighted by Gasteiger charge is 2.24. The average molecular weight is 506 g/mol. The molecular weight excluding hydrogens is 473 g/mol. The summed E-state index contributed by atoms with van der Waals surface area (Å²) in [6.07, 6.45) is 1.08. The van der Waals surface area contributed by atoms with Crippen LogP contribution in [0.5, 0.6) is 5.75 Å². The number of nitrogens with zero attached hydrogens (tertiary/aromatic N) is 5. The van der Waals surface area contributed by atoms with Crippen molar-refractivity contribution in [2.75, 3.05) is 44.7 Å². The summed E-state index contributed by atoms with van der Waals surface area (Å²) in [5.74, 6) is 1.02. The van der Waals surface area contributed by atoms with Gasteiger partial charge >= 0.3 is 0 Å². The zero-order valence-electron chi connectivity index (χ0n) is 21.3. The number of ether oxygens (including phenoxy) is 1. The lowest BCUT2D eigenvalue weighted by molar-refractivity contribution is -0.140. The molecule has 4 rings (SSSR count). The van der Waals surface area contributed by atoms with Crippen molar-refractivity contribution in [3.8, 4) is 17.0 Å². The van der Waals surface area contributed by atoms with E-state index in [0.717, 1.165) is 41.4 Å². The van der Waals surface area contributed by atoms with E-state index in [1.54, 1.807) is 36.0 Å². The van der Waals surface area contributed by atoms with E-state index in [2.05, 4.69) is 15.1 Å². The van der Waals surface area contributed by atoms with Crippen molar-refractivity contribution in [1.82, 2.24) is 20.0 Å². The molecule has 9 heteroatoms. The van der Waals surface area contributed by atoms with Crippen LogP contribution in [0.25, 0.3) is 11.3 Å². The van der Waals surface area contributed by atoms with Gasteiger partial charge in [0.15, 0.2) is 5.82 Å². The maximum Gasteiger partial charge on any atom is 0.242 e. The van der Waals surface area contributed by atoms with Crippen LogP contribution in [0.2, 0.25) is 0 Å². The van der Waals surface area contributed by atoms with Crippen molar-refractivity contribution in [2.24, 2.45) is 0 Å². The van der Waals surface area contributed by atoms with Crippen molar-refractivity contribution in [2.45, 2.75) is 26.3 Å². The fourth-order valence-electron chi connectivity index (χ4n) is 4.33. The number of hydrogen-bond acceptors (Lipinski definition) is 6. The Morgan fingerprint density at radius 3 is 2.35 bits per heavy atom. The number of halogens is 1. The quantitative estimate of drug-likeness (QED) is 0.464. The number of hydrogen-bond donors (Lipinski definition) is 0. The summed E-state index contributed by atoms with van der Waals surface area (Å²) in [4.78, 5) is 31.1. The van der Waals surface area contributed by atoms with E-state index in [1.807, 2.05) is 36.4 Å². The number of benzene rings is 2. The van der Waals surface area contributed by atoms with Crippen molar-refractivity contribution in [1.29, 1.82) is 0 Å². The number of rotatable bonds is 8. The summed E-state index contributed by atoms with van der Waals surface area (Å²) >= 11 is 0. The van der Waals surface area contributed by atoms with E-state index < -0.39 is 0 Å². The molecule has 2 amide bonds. The summed E-state index contributed by atoms with van der Waals surface area (Å²) in [6, 6.07) is 17.6. The third kappa shape index (κ3) is 6.81. The third-order valence-electron chi connectivity index (χ3n) is 6.48. The molecule has 0 N–H and O–H groups in total. The van der Waals surface area contributed by atoms with Gasteiger partial charge in [0.05, 0.1) is 12.8 Å². The van der Waals surface area contributed by atoms with E-state index in [1.165, 1.54) is 12.1 Å². The van der Waals surface area contributed by atoms with Gasteiger partial charge in [-0.3, -0.25) is 9.59 Å². The molecule has 3 aromatic rings. The van der Waals surface area contributed by atoms with Crippen molar-refractivity contribution in [3.05, 3.63) is 72.0 Å². The predicted octanol–water partition coefficient (Wildman–Crippen LogP) is 3.77. The standard InChI is InChI=1S/C28H32FN5O3/c1-3-27(35)34(19-21-5-9-23(29)10-6-21)20-28(36)33-16-4-15-32(17-18-33)26-14-13-25(30-31-26)22-7-11-24(37-2)12-8-22/h5-14H,3-4,15-20H2,1-2H3.